The summed E-state index contributed by atoms with van der Waals surface area (Å²) in [6.07, 6.45) is 8.27. The van der Waals surface area contributed by atoms with E-state index in [4.69, 9.17) is 4.74 Å². The molecule has 1 aromatic rings. The topological polar surface area (TPSA) is 41.5 Å². The monoisotopic (exact) mass is 317 g/mol. The Kier molecular flexibility index (Phi) is 7.63. The van der Waals surface area contributed by atoms with Crippen LogP contribution in [0.15, 0.2) is 36.9 Å². The number of nitrogens with one attached hydrogen (secondary N) is 1. The van der Waals surface area contributed by atoms with E-state index in [-0.39, 0.29) is 6.10 Å². The van der Waals surface area contributed by atoms with Crippen LogP contribution in [0, 0.1) is 5.92 Å². The van der Waals surface area contributed by atoms with Crippen LogP contribution in [0.3, 0.4) is 0 Å². The molecule has 1 aliphatic carbocycles. The van der Waals surface area contributed by atoms with E-state index >= 15 is 0 Å². The Labute approximate surface area is 140 Å². The first-order valence-electron chi connectivity index (χ1n) is 8.93. The Bertz CT molecular complexity index is 474. The maximum absolute atomic E-state index is 10.0. The highest BCUT2D eigenvalue weighted by atomic mass is 16.5. The molecule has 3 heteroatoms. The summed E-state index contributed by atoms with van der Waals surface area (Å²) in [4.78, 5) is 0. The molecule has 0 bridgehead atoms. The Morgan fingerprint density at radius 3 is 2.91 bits per heavy atom. The molecule has 1 aliphatic rings. The van der Waals surface area contributed by atoms with Crippen LogP contribution in [0.2, 0.25) is 0 Å². The van der Waals surface area contributed by atoms with E-state index in [0.29, 0.717) is 18.6 Å². The van der Waals surface area contributed by atoms with Crippen LogP contribution in [0.5, 0.6) is 5.75 Å². The third-order valence-corrected chi connectivity index (χ3v) is 4.77. The lowest BCUT2D eigenvalue weighted by atomic mass is 9.86. The number of aliphatic hydroxyl groups excluding tert-OH is 1. The van der Waals surface area contributed by atoms with Gasteiger partial charge in [-0.2, -0.15) is 0 Å². The average Bonchev–Trinajstić information content (AvgIpc) is 2.58. The average molecular weight is 317 g/mol. The van der Waals surface area contributed by atoms with Gasteiger partial charge in [0, 0.05) is 12.6 Å². The van der Waals surface area contributed by atoms with Crippen molar-refractivity contribution in [2.75, 3.05) is 13.2 Å². The second-order valence-corrected chi connectivity index (χ2v) is 6.67. The molecule has 3 atom stereocenters. The lowest BCUT2D eigenvalue weighted by molar-refractivity contribution is 0.0683. The molecule has 0 heterocycles. The summed E-state index contributed by atoms with van der Waals surface area (Å²) in [6.45, 7) is 7.40. The van der Waals surface area contributed by atoms with Gasteiger partial charge in [-0.1, -0.05) is 43.7 Å². The van der Waals surface area contributed by atoms with Gasteiger partial charge in [0.25, 0.3) is 0 Å². The van der Waals surface area contributed by atoms with E-state index in [2.05, 4.69) is 31.0 Å². The molecule has 0 radical (unpaired) electrons. The summed E-state index contributed by atoms with van der Waals surface area (Å²) in [7, 11) is 0. The minimum absolute atomic E-state index is 0.114. The highest BCUT2D eigenvalue weighted by molar-refractivity contribution is 5.33. The SMILES string of the molecule is C=CCOc1ccccc1CCC(C)NCC1CCCCC1O. The van der Waals surface area contributed by atoms with Gasteiger partial charge >= 0.3 is 0 Å². The lowest BCUT2D eigenvalue weighted by Crippen LogP contribution is -2.37. The van der Waals surface area contributed by atoms with Crippen molar-refractivity contribution in [3.63, 3.8) is 0 Å². The molecule has 1 saturated carbocycles. The van der Waals surface area contributed by atoms with Crippen molar-refractivity contribution in [2.24, 2.45) is 5.92 Å². The maximum atomic E-state index is 10.0. The zero-order valence-corrected chi connectivity index (χ0v) is 14.3. The van der Waals surface area contributed by atoms with Gasteiger partial charge in [0.15, 0.2) is 0 Å². The summed E-state index contributed by atoms with van der Waals surface area (Å²) in [5.74, 6) is 1.39. The van der Waals surface area contributed by atoms with Crippen LogP contribution in [0.4, 0.5) is 0 Å². The lowest BCUT2D eigenvalue weighted by Gasteiger charge is -2.29. The molecule has 128 valence electrons. The van der Waals surface area contributed by atoms with Crippen LogP contribution in [0.1, 0.15) is 44.6 Å². The van der Waals surface area contributed by atoms with Crippen molar-refractivity contribution in [3.8, 4) is 5.75 Å². The molecular weight excluding hydrogens is 286 g/mol. The number of aliphatic hydroxyl groups is 1. The molecule has 0 aliphatic heterocycles. The molecule has 23 heavy (non-hydrogen) atoms. The molecule has 3 unspecified atom stereocenters. The molecule has 0 amide bonds. The van der Waals surface area contributed by atoms with Crippen LogP contribution < -0.4 is 10.1 Å². The van der Waals surface area contributed by atoms with Gasteiger partial charge in [-0.3, -0.25) is 0 Å². The van der Waals surface area contributed by atoms with Crippen LogP contribution in [-0.4, -0.2) is 30.4 Å². The first kappa shape index (κ1) is 18.0. The largest absolute Gasteiger partial charge is 0.489 e. The Balaban J connectivity index is 1.75. The Morgan fingerprint density at radius 1 is 1.35 bits per heavy atom. The van der Waals surface area contributed by atoms with Crippen molar-refractivity contribution in [1.29, 1.82) is 0 Å². The zero-order valence-electron chi connectivity index (χ0n) is 14.3. The van der Waals surface area contributed by atoms with E-state index in [1.165, 1.54) is 18.4 Å². The summed E-state index contributed by atoms with van der Waals surface area (Å²) in [6, 6.07) is 8.67. The fraction of sp³-hybridized carbons (Fsp3) is 0.600. The Morgan fingerprint density at radius 2 is 2.13 bits per heavy atom. The predicted octanol–water partition coefficient (Wildman–Crippen LogP) is 3.71. The molecule has 3 nitrogen and oxygen atoms in total. The van der Waals surface area contributed by atoms with Gasteiger partial charge in [-0.15, -0.1) is 0 Å². The van der Waals surface area contributed by atoms with Crippen molar-refractivity contribution < 1.29 is 9.84 Å². The van der Waals surface area contributed by atoms with Crippen molar-refractivity contribution in [3.05, 3.63) is 42.5 Å². The summed E-state index contributed by atoms with van der Waals surface area (Å²) in [5, 5.41) is 13.6. The van der Waals surface area contributed by atoms with Crippen LogP contribution in [0.25, 0.3) is 0 Å². The molecule has 1 aromatic carbocycles. The van der Waals surface area contributed by atoms with E-state index in [0.717, 1.165) is 38.0 Å². The van der Waals surface area contributed by atoms with E-state index < -0.39 is 0 Å². The number of rotatable bonds is 9. The van der Waals surface area contributed by atoms with Gasteiger partial charge in [-0.25, -0.2) is 0 Å². The molecule has 2 rings (SSSR count). The highest BCUT2D eigenvalue weighted by Crippen LogP contribution is 2.24. The van der Waals surface area contributed by atoms with E-state index in [1.807, 2.05) is 12.1 Å². The maximum Gasteiger partial charge on any atom is 0.122 e. The normalized spacial score (nSPS) is 22.5. The Hall–Kier alpha value is -1.32. The van der Waals surface area contributed by atoms with Gasteiger partial charge in [0.2, 0.25) is 0 Å². The number of ether oxygens (including phenoxy) is 1. The van der Waals surface area contributed by atoms with Crippen molar-refractivity contribution in [1.82, 2.24) is 5.32 Å². The summed E-state index contributed by atoms with van der Waals surface area (Å²) >= 11 is 0. The van der Waals surface area contributed by atoms with Crippen LogP contribution in [-0.2, 0) is 6.42 Å². The van der Waals surface area contributed by atoms with Crippen molar-refractivity contribution >= 4 is 0 Å². The third-order valence-electron chi connectivity index (χ3n) is 4.77. The fourth-order valence-corrected chi connectivity index (χ4v) is 3.25. The molecule has 1 fully saturated rings. The number of aryl methyl sites for hydroxylation is 1. The standard InChI is InChI=1S/C20H31NO2/c1-3-14-23-20-11-7-5-8-17(20)13-12-16(2)21-15-18-9-4-6-10-19(18)22/h3,5,7-8,11,16,18-19,21-22H,1,4,6,9-10,12-15H2,2H3. The van der Waals surface area contributed by atoms with Crippen LogP contribution >= 0.6 is 0 Å². The van der Waals surface area contributed by atoms with Gasteiger partial charge < -0.3 is 15.2 Å². The van der Waals surface area contributed by atoms with Crippen molar-refractivity contribution in [2.45, 2.75) is 57.6 Å². The minimum atomic E-state index is -0.114. The summed E-state index contributed by atoms with van der Waals surface area (Å²) < 4.78 is 5.72. The smallest absolute Gasteiger partial charge is 0.122 e. The van der Waals surface area contributed by atoms with E-state index in [9.17, 15) is 5.11 Å². The number of benzene rings is 1. The molecule has 2 N–H and O–H groups in total. The first-order chi connectivity index (χ1) is 11.2. The highest BCUT2D eigenvalue weighted by Gasteiger charge is 2.22. The third kappa shape index (κ3) is 6.00. The van der Waals surface area contributed by atoms with E-state index in [1.54, 1.807) is 6.08 Å². The first-order valence-corrected chi connectivity index (χ1v) is 8.93. The van der Waals surface area contributed by atoms with Gasteiger partial charge in [0.1, 0.15) is 12.4 Å². The zero-order chi connectivity index (χ0) is 16.5. The minimum Gasteiger partial charge on any atom is -0.489 e. The number of hydrogen-bond donors (Lipinski definition) is 2. The number of hydrogen-bond acceptors (Lipinski definition) is 3. The fourth-order valence-electron chi connectivity index (χ4n) is 3.25. The molecule has 0 spiro atoms. The second kappa shape index (κ2) is 9.74. The predicted molar refractivity (Wildman–Crippen MR) is 95.9 cm³/mol. The van der Waals surface area contributed by atoms with Gasteiger partial charge in [0.05, 0.1) is 6.10 Å². The molecular formula is C20H31NO2. The number of para-hydroxylation sites is 1. The second-order valence-electron chi connectivity index (χ2n) is 6.67. The molecule has 0 saturated heterocycles. The molecule has 0 aromatic heterocycles. The van der Waals surface area contributed by atoms with Gasteiger partial charge in [-0.05, 0) is 50.2 Å². The quantitative estimate of drug-likeness (QED) is 0.682. The summed E-state index contributed by atoms with van der Waals surface area (Å²) in [5.41, 5.74) is 1.25.